The Kier molecular flexibility index (Phi) is 8.08. The molecule has 0 heterocycles. The van der Waals surface area contributed by atoms with Gasteiger partial charge >= 0.3 is 12.2 Å². The van der Waals surface area contributed by atoms with Gasteiger partial charge in [-0.3, -0.25) is 4.79 Å². The van der Waals surface area contributed by atoms with Crippen molar-refractivity contribution in [3.8, 4) is 0 Å². The second-order valence-corrected chi connectivity index (χ2v) is 8.81. The summed E-state index contributed by atoms with van der Waals surface area (Å²) in [5.74, 6) is -0.214. The van der Waals surface area contributed by atoms with Crippen LogP contribution in [-0.4, -0.2) is 54.8 Å². The summed E-state index contributed by atoms with van der Waals surface area (Å²) in [6.45, 7) is 5.50. The molecule has 1 saturated carbocycles. The van der Waals surface area contributed by atoms with E-state index in [2.05, 4.69) is 10.6 Å². The molecule has 2 N–H and O–H groups in total. The number of alkyl carbamates (subject to hydrolysis) is 2. The lowest BCUT2D eigenvalue weighted by Crippen LogP contribution is -2.56. The van der Waals surface area contributed by atoms with Crippen LogP contribution in [0.4, 0.5) is 9.59 Å². The van der Waals surface area contributed by atoms with Gasteiger partial charge in [0.05, 0.1) is 12.1 Å². The Morgan fingerprint density at radius 3 is 2.23 bits per heavy atom. The molecule has 1 fully saturated rings. The van der Waals surface area contributed by atoms with Gasteiger partial charge < -0.3 is 25.0 Å². The summed E-state index contributed by atoms with van der Waals surface area (Å²) in [4.78, 5) is 38.6. The lowest BCUT2D eigenvalue weighted by atomic mass is 9.81. The Labute approximate surface area is 178 Å². The van der Waals surface area contributed by atoms with E-state index in [1.807, 2.05) is 30.3 Å². The van der Waals surface area contributed by atoms with E-state index in [9.17, 15) is 14.4 Å². The molecule has 30 heavy (non-hydrogen) atoms. The molecular formula is C22H33N3O5. The van der Waals surface area contributed by atoms with Crippen LogP contribution in [-0.2, 0) is 20.9 Å². The van der Waals surface area contributed by atoms with E-state index in [1.54, 1.807) is 39.8 Å². The van der Waals surface area contributed by atoms with Crippen molar-refractivity contribution < 1.29 is 23.9 Å². The molecule has 0 radical (unpaired) electrons. The number of hydrogen-bond donors (Lipinski definition) is 2. The predicted molar refractivity (Wildman–Crippen MR) is 113 cm³/mol. The van der Waals surface area contributed by atoms with Crippen molar-refractivity contribution in [2.75, 3.05) is 14.1 Å². The number of rotatable bonds is 5. The van der Waals surface area contributed by atoms with E-state index in [0.717, 1.165) is 5.56 Å². The molecule has 1 aromatic rings. The van der Waals surface area contributed by atoms with Gasteiger partial charge in [0, 0.05) is 20.0 Å². The molecule has 0 spiro atoms. The molecule has 8 heteroatoms. The van der Waals surface area contributed by atoms with Gasteiger partial charge in [-0.1, -0.05) is 30.3 Å². The number of amides is 3. The summed E-state index contributed by atoms with van der Waals surface area (Å²) in [5, 5.41) is 5.67. The van der Waals surface area contributed by atoms with Crippen molar-refractivity contribution in [3.05, 3.63) is 35.9 Å². The van der Waals surface area contributed by atoms with E-state index in [4.69, 9.17) is 9.47 Å². The van der Waals surface area contributed by atoms with Crippen molar-refractivity contribution in [1.29, 1.82) is 0 Å². The number of benzene rings is 1. The third kappa shape index (κ3) is 7.57. The molecule has 0 saturated heterocycles. The first-order valence-corrected chi connectivity index (χ1v) is 10.2. The number of carbonyl (C=O) groups is 3. The number of hydrogen-bond acceptors (Lipinski definition) is 5. The Balaban J connectivity index is 2.00. The maximum absolute atomic E-state index is 12.4. The third-order valence-corrected chi connectivity index (χ3v) is 4.86. The average Bonchev–Trinajstić information content (AvgIpc) is 2.66. The van der Waals surface area contributed by atoms with Crippen LogP contribution < -0.4 is 10.6 Å². The molecule has 0 aliphatic heterocycles. The Morgan fingerprint density at radius 1 is 1.00 bits per heavy atom. The molecule has 3 amide bonds. The highest BCUT2D eigenvalue weighted by molar-refractivity contribution is 5.79. The molecule has 2 rings (SSSR count). The molecule has 0 aromatic heterocycles. The predicted octanol–water partition coefficient (Wildman–Crippen LogP) is 3.06. The first-order valence-electron chi connectivity index (χ1n) is 10.2. The smallest absolute Gasteiger partial charge is 0.407 e. The SMILES string of the molecule is CN(C)C(=O)[C@@H]1CC[C@H](NC(=O)OCc2ccccc2)[C@H](NC(=O)OC(C)(C)C)C1. The Bertz CT molecular complexity index is 730. The van der Waals surface area contributed by atoms with Crippen LogP contribution in [0.3, 0.4) is 0 Å². The second kappa shape index (κ2) is 10.3. The quantitative estimate of drug-likeness (QED) is 0.765. The number of nitrogens with one attached hydrogen (secondary N) is 2. The van der Waals surface area contributed by atoms with Crippen LogP contribution in [0.2, 0.25) is 0 Å². The molecule has 3 atom stereocenters. The summed E-state index contributed by atoms with van der Waals surface area (Å²) >= 11 is 0. The van der Waals surface area contributed by atoms with Gasteiger partial charge in [-0.2, -0.15) is 0 Å². The molecule has 1 aliphatic rings. The van der Waals surface area contributed by atoms with Crippen molar-refractivity contribution >= 4 is 18.1 Å². The van der Waals surface area contributed by atoms with Crippen molar-refractivity contribution in [3.63, 3.8) is 0 Å². The van der Waals surface area contributed by atoms with Crippen LogP contribution in [0.25, 0.3) is 0 Å². The topological polar surface area (TPSA) is 97.0 Å². The fourth-order valence-electron chi connectivity index (χ4n) is 3.47. The number of carbonyl (C=O) groups excluding carboxylic acids is 3. The van der Waals surface area contributed by atoms with Gasteiger partial charge in [0.1, 0.15) is 12.2 Å². The first kappa shape index (κ1) is 23.5. The normalized spacial score (nSPS) is 21.3. The van der Waals surface area contributed by atoms with Crippen LogP contribution in [0.1, 0.15) is 45.6 Å². The van der Waals surface area contributed by atoms with E-state index < -0.39 is 23.8 Å². The highest BCUT2D eigenvalue weighted by Crippen LogP contribution is 2.27. The monoisotopic (exact) mass is 419 g/mol. The highest BCUT2D eigenvalue weighted by atomic mass is 16.6. The Hall–Kier alpha value is -2.77. The van der Waals surface area contributed by atoms with Crippen LogP contribution in [0.5, 0.6) is 0 Å². The Morgan fingerprint density at radius 2 is 1.63 bits per heavy atom. The van der Waals surface area contributed by atoms with E-state index in [1.165, 1.54) is 0 Å². The first-order chi connectivity index (χ1) is 14.0. The van der Waals surface area contributed by atoms with Crippen molar-refractivity contribution in [1.82, 2.24) is 15.5 Å². The van der Waals surface area contributed by atoms with Crippen molar-refractivity contribution in [2.24, 2.45) is 5.92 Å². The van der Waals surface area contributed by atoms with Crippen LogP contribution in [0.15, 0.2) is 30.3 Å². The molecule has 0 unspecified atom stereocenters. The fraction of sp³-hybridized carbons (Fsp3) is 0.591. The highest BCUT2D eigenvalue weighted by Gasteiger charge is 2.37. The van der Waals surface area contributed by atoms with Crippen molar-refractivity contribution in [2.45, 2.75) is 64.3 Å². The molecule has 166 valence electrons. The van der Waals surface area contributed by atoms with Gasteiger partial charge in [0.15, 0.2) is 0 Å². The fourth-order valence-corrected chi connectivity index (χ4v) is 3.47. The summed E-state index contributed by atoms with van der Waals surface area (Å²) in [6, 6.07) is 8.60. The van der Waals surface area contributed by atoms with Gasteiger partial charge in [-0.15, -0.1) is 0 Å². The molecule has 1 aliphatic carbocycles. The summed E-state index contributed by atoms with van der Waals surface area (Å²) in [7, 11) is 3.42. The zero-order chi connectivity index (χ0) is 22.3. The maximum atomic E-state index is 12.4. The van der Waals surface area contributed by atoms with Gasteiger partial charge in [0.25, 0.3) is 0 Å². The zero-order valence-corrected chi connectivity index (χ0v) is 18.4. The van der Waals surface area contributed by atoms with Crippen LogP contribution in [0, 0.1) is 5.92 Å². The van der Waals surface area contributed by atoms with Gasteiger partial charge in [0.2, 0.25) is 5.91 Å². The third-order valence-electron chi connectivity index (χ3n) is 4.86. The van der Waals surface area contributed by atoms with Gasteiger partial charge in [-0.25, -0.2) is 9.59 Å². The number of nitrogens with zero attached hydrogens (tertiary/aromatic N) is 1. The summed E-state index contributed by atoms with van der Waals surface area (Å²) in [6.07, 6.45) is 0.449. The minimum absolute atomic E-state index is 0.0103. The summed E-state index contributed by atoms with van der Waals surface area (Å²) in [5.41, 5.74) is 0.242. The maximum Gasteiger partial charge on any atom is 0.407 e. The van der Waals surface area contributed by atoms with E-state index in [-0.39, 0.29) is 24.5 Å². The molecule has 8 nitrogen and oxygen atoms in total. The number of ether oxygens (including phenoxy) is 2. The van der Waals surface area contributed by atoms with E-state index in [0.29, 0.717) is 19.3 Å². The molecule has 0 bridgehead atoms. The average molecular weight is 420 g/mol. The molecule has 1 aromatic carbocycles. The van der Waals surface area contributed by atoms with E-state index >= 15 is 0 Å². The zero-order valence-electron chi connectivity index (χ0n) is 18.4. The lowest BCUT2D eigenvalue weighted by Gasteiger charge is -2.37. The molecular weight excluding hydrogens is 386 g/mol. The minimum Gasteiger partial charge on any atom is -0.445 e. The summed E-state index contributed by atoms with van der Waals surface area (Å²) < 4.78 is 10.7. The second-order valence-electron chi connectivity index (χ2n) is 8.81. The lowest BCUT2D eigenvalue weighted by molar-refractivity contribution is -0.134. The minimum atomic E-state index is -0.644. The largest absolute Gasteiger partial charge is 0.445 e. The van der Waals surface area contributed by atoms with Crippen LogP contribution >= 0.6 is 0 Å². The standard InChI is InChI=1S/C22H33N3O5/c1-22(2,3)30-21(28)24-18-13-16(19(26)25(4)5)11-12-17(18)23-20(27)29-14-15-9-7-6-8-10-15/h6-10,16-18H,11-14H2,1-5H3,(H,23,27)(H,24,28)/t16-,17+,18-/m1/s1. The van der Waals surface area contributed by atoms with Gasteiger partial charge in [-0.05, 0) is 45.6 Å².